The lowest BCUT2D eigenvalue weighted by Crippen LogP contribution is -1.94. The number of ether oxygens (including phenoxy) is 1. The number of benzene rings is 3. The van der Waals surface area contributed by atoms with Crippen LogP contribution < -0.4 is 4.74 Å². The molecule has 4 rings (SSSR count). The minimum Gasteiger partial charge on any atom is -0.489 e. The molecule has 0 radical (unpaired) electrons. The van der Waals surface area contributed by atoms with Crippen molar-refractivity contribution in [2.75, 3.05) is 0 Å². The zero-order valence-electron chi connectivity index (χ0n) is 12.7. The standard InChI is InChI=1S/C21H17NO/c1-2-5-16(6-3-1)15-23-20-8-4-7-17(14-20)18-9-10-21-19(13-18)11-12-22-21/h1-14,22H,15H2. The third kappa shape index (κ3) is 2.97. The minimum absolute atomic E-state index is 0.584. The molecule has 0 amide bonds. The molecule has 0 saturated carbocycles. The van der Waals surface area contributed by atoms with Crippen LogP contribution in [0.4, 0.5) is 0 Å². The molecular formula is C21H17NO. The Labute approximate surface area is 135 Å². The van der Waals surface area contributed by atoms with Gasteiger partial charge in [0.15, 0.2) is 0 Å². The van der Waals surface area contributed by atoms with Crippen LogP contribution >= 0.6 is 0 Å². The number of fused-ring (bicyclic) bond motifs is 1. The maximum absolute atomic E-state index is 5.92. The second kappa shape index (κ2) is 6.01. The molecule has 0 bridgehead atoms. The van der Waals surface area contributed by atoms with Crippen molar-refractivity contribution >= 4 is 10.9 Å². The van der Waals surface area contributed by atoms with Gasteiger partial charge in [-0.2, -0.15) is 0 Å². The lowest BCUT2D eigenvalue weighted by Gasteiger charge is -2.08. The van der Waals surface area contributed by atoms with Gasteiger partial charge in [0.05, 0.1) is 0 Å². The molecular weight excluding hydrogens is 282 g/mol. The molecule has 112 valence electrons. The van der Waals surface area contributed by atoms with Crippen LogP contribution in [-0.2, 0) is 6.61 Å². The van der Waals surface area contributed by atoms with Crippen LogP contribution in [0.15, 0.2) is 85.1 Å². The zero-order chi connectivity index (χ0) is 15.5. The first-order chi connectivity index (χ1) is 11.4. The monoisotopic (exact) mass is 299 g/mol. The smallest absolute Gasteiger partial charge is 0.120 e. The Morgan fingerprint density at radius 1 is 0.739 bits per heavy atom. The normalized spacial score (nSPS) is 10.8. The Hall–Kier alpha value is -3.00. The maximum atomic E-state index is 5.92. The summed E-state index contributed by atoms with van der Waals surface area (Å²) in [5.41, 5.74) is 4.69. The topological polar surface area (TPSA) is 25.0 Å². The van der Waals surface area contributed by atoms with Crippen molar-refractivity contribution in [2.45, 2.75) is 6.61 Å². The average Bonchev–Trinajstić information content (AvgIpc) is 3.09. The van der Waals surface area contributed by atoms with Crippen LogP contribution in [0.2, 0.25) is 0 Å². The SMILES string of the molecule is c1ccc(COc2cccc(-c3ccc4[nH]ccc4c3)c2)cc1. The largest absolute Gasteiger partial charge is 0.489 e. The van der Waals surface area contributed by atoms with E-state index in [0.717, 1.165) is 11.3 Å². The van der Waals surface area contributed by atoms with Crippen molar-refractivity contribution in [3.05, 3.63) is 90.6 Å². The van der Waals surface area contributed by atoms with E-state index in [1.54, 1.807) is 0 Å². The molecule has 0 spiro atoms. The quantitative estimate of drug-likeness (QED) is 0.535. The van der Waals surface area contributed by atoms with E-state index in [4.69, 9.17) is 4.74 Å². The van der Waals surface area contributed by atoms with Gasteiger partial charge in [-0.05, 0) is 52.4 Å². The summed E-state index contributed by atoms with van der Waals surface area (Å²) in [5, 5.41) is 1.22. The number of hydrogen-bond donors (Lipinski definition) is 1. The Morgan fingerprint density at radius 2 is 1.61 bits per heavy atom. The first kappa shape index (κ1) is 13.6. The second-order valence-electron chi connectivity index (χ2n) is 5.58. The number of nitrogens with one attached hydrogen (secondary N) is 1. The van der Waals surface area contributed by atoms with Crippen molar-refractivity contribution in [1.29, 1.82) is 0 Å². The third-order valence-corrected chi connectivity index (χ3v) is 3.97. The van der Waals surface area contributed by atoms with Gasteiger partial charge < -0.3 is 9.72 Å². The molecule has 1 N–H and O–H groups in total. The summed E-state index contributed by atoms with van der Waals surface area (Å²) in [6, 6.07) is 27.0. The van der Waals surface area contributed by atoms with E-state index in [1.807, 2.05) is 36.5 Å². The Kier molecular flexibility index (Phi) is 3.57. The van der Waals surface area contributed by atoms with Crippen LogP contribution in [0.3, 0.4) is 0 Å². The average molecular weight is 299 g/mol. The van der Waals surface area contributed by atoms with E-state index in [2.05, 4.69) is 53.5 Å². The molecule has 0 fully saturated rings. The summed E-state index contributed by atoms with van der Waals surface area (Å²) < 4.78 is 5.92. The number of rotatable bonds is 4. The Balaban J connectivity index is 1.58. The highest BCUT2D eigenvalue weighted by Gasteiger charge is 2.03. The first-order valence-corrected chi connectivity index (χ1v) is 7.73. The fourth-order valence-electron chi connectivity index (χ4n) is 2.74. The Morgan fingerprint density at radius 3 is 2.52 bits per heavy atom. The lowest BCUT2D eigenvalue weighted by atomic mass is 10.0. The van der Waals surface area contributed by atoms with Crippen LogP contribution in [0.1, 0.15) is 5.56 Å². The summed E-state index contributed by atoms with van der Waals surface area (Å²) in [6.07, 6.45) is 1.97. The lowest BCUT2D eigenvalue weighted by molar-refractivity contribution is 0.306. The van der Waals surface area contributed by atoms with Gasteiger partial charge in [0.25, 0.3) is 0 Å². The Bertz CT molecular complexity index is 925. The molecule has 0 aliphatic rings. The van der Waals surface area contributed by atoms with Crippen molar-refractivity contribution in [3.8, 4) is 16.9 Å². The number of aromatic amines is 1. The fraction of sp³-hybridized carbons (Fsp3) is 0.0476. The number of hydrogen-bond acceptors (Lipinski definition) is 1. The zero-order valence-corrected chi connectivity index (χ0v) is 12.7. The number of H-pyrrole nitrogens is 1. The molecule has 2 heteroatoms. The third-order valence-electron chi connectivity index (χ3n) is 3.97. The van der Waals surface area contributed by atoms with Crippen molar-refractivity contribution in [1.82, 2.24) is 4.98 Å². The van der Waals surface area contributed by atoms with E-state index >= 15 is 0 Å². The minimum atomic E-state index is 0.584. The first-order valence-electron chi connectivity index (χ1n) is 7.73. The van der Waals surface area contributed by atoms with Gasteiger partial charge in [-0.1, -0.05) is 48.5 Å². The summed E-state index contributed by atoms with van der Waals surface area (Å²) in [5.74, 6) is 0.889. The number of aromatic nitrogens is 1. The highest BCUT2D eigenvalue weighted by Crippen LogP contribution is 2.27. The highest BCUT2D eigenvalue weighted by molar-refractivity contribution is 5.85. The van der Waals surface area contributed by atoms with E-state index < -0.39 is 0 Å². The van der Waals surface area contributed by atoms with E-state index in [1.165, 1.54) is 22.1 Å². The molecule has 0 atom stereocenters. The van der Waals surface area contributed by atoms with Crippen LogP contribution in [0, 0.1) is 0 Å². The molecule has 1 aromatic heterocycles. The molecule has 0 saturated heterocycles. The molecule has 0 aliphatic carbocycles. The van der Waals surface area contributed by atoms with E-state index in [9.17, 15) is 0 Å². The molecule has 2 nitrogen and oxygen atoms in total. The predicted octanol–water partition coefficient (Wildman–Crippen LogP) is 5.41. The van der Waals surface area contributed by atoms with Crippen LogP contribution in [-0.4, -0.2) is 4.98 Å². The molecule has 23 heavy (non-hydrogen) atoms. The van der Waals surface area contributed by atoms with Crippen molar-refractivity contribution < 1.29 is 4.74 Å². The summed E-state index contributed by atoms with van der Waals surface area (Å²) in [7, 11) is 0. The van der Waals surface area contributed by atoms with Gasteiger partial charge in [0, 0.05) is 11.7 Å². The molecule has 0 aliphatic heterocycles. The summed E-state index contributed by atoms with van der Waals surface area (Å²) >= 11 is 0. The van der Waals surface area contributed by atoms with Crippen LogP contribution in [0.25, 0.3) is 22.0 Å². The predicted molar refractivity (Wildman–Crippen MR) is 94.5 cm³/mol. The molecule has 3 aromatic carbocycles. The van der Waals surface area contributed by atoms with Gasteiger partial charge in [-0.3, -0.25) is 0 Å². The van der Waals surface area contributed by atoms with Gasteiger partial charge >= 0.3 is 0 Å². The summed E-state index contributed by atoms with van der Waals surface area (Å²) in [4.78, 5) is 3.22. The second-order valence-corrected chi connectivity index (χ2v) is 5.58. The van der Waals surface area contributed by atoms with Gasteiger partial charge in [-0.25, -0.2) is 0 Å². The van der Waals surface area contributed by atoms with Gasteiger partial charge in [0.1, 0.15) is 12.4 Å². The maximum Gasteiger partial charge on any atom is 0.120 e. The van der Waals surface area contributed by atoms with Gasteiger partial charge in [0.2, 0.25) is 0 Å². The van der Waals surface area contributed by atoms with Crippen molar-refractivity contribution in [2.24, 2.45) is 0 Å². The van der Waals surface area contributed by atoms with E-state index in [0.29, 0.717) is 6.61 Å². The van der Waals surface area contributed by atoms with E-state index in [-0.39, 0.29) is 0 Å². The summed E-state index contributed by atoms with van der Waals surface area (Å²) in [6.45, 7) is 0.584. The fourth-order valence-corrected chi connectivity index (χ4v) is 2.74. The van der Waals surface area contributed by atoms with Crippen molar-refractivity contribution in [3.63, 3.8) is 0 Å². The van der Waals surface area contributed by atoms with Gasteiger partial charge in [-0.15, -0.1) is 0 Å². The molecule has 0 unspecified atom stereocenters. The molecule has 4 aromatic rings. The highest BCUT2D eigenvalue weighted by atomic mass is 16.5. The molecule has 1 heterocycles. The van der Waals surface area contributed by atoms with Crippen LogP contribution in [0.5, 0.6) is 5.75 Å².